The van der Waals surface area contributed by atoms with Gasteiger partial charge in [-0.2, -0.15) is 0 Å². The second-order valence-electron chi connectivity index (χ2n) is 6.42. The Morgan fingerprint density at radius 2 is 1.06 bits per heavy atom. The van der Waals surface area contributed by atoms with Crippen molar-refractivity contribution >= 4 is 47.7 Å². The molecule has 0 N–H and O–H groups in total. The Labute approximate surface area is 187 Å². The minimum absolute atomic E-state index is 0.188. The summed E-state index contributed by atoms with van der Waals surface area (Å²) in [6.45, 7) is 0. The molecule has 1 aromatic carbocycles. The zero-order chi connectivity index (χ0) is 24.6. The van der Waals surface area contributed by atoms with Gasteiger partial charge in [0.2, 0.25) is 0 Å². The molecule has 1 spiro atoms. The predicted molar refractivity (Wildman–Crippen MR) is 94.1 cm³/mol. The zero-order valence-corrected chi connectivity index (χ0v) is 18.8. The van der Waals surface area contributed by atoms with E-state index in [2.05, 4.69) is 19.3 Å². The van der Waals surface area contributed by atoms with E-state index in [1.165, 1.54) is 18.2 Å². The van der Waals surface area contributed by atoms with E-state index < -0.39 is 68.5 Å². The van der Waals surface area contributed by atoms with Crippen molar-refractivity contribution in [2.24, 2.45) is 0 Å². The van der Waals surface area contributed by atoms with Crippen LogP contribution in [0.15, 0.2) is 35.2 Å². The SMILES string of the molecule is FC(F)(F)C1(C(F)(F)F)O[Se]2(OC(C(F)(F)F)(C(F)(F)F)[C@@H]2SS)[C@@H]1Sc1ccccc1. The van der Waals surface area contributed by atoms with Gasteiger partial charge in [0.25, 0.3) is 0 Å². The second kappa shape index (κ2) is 7.68. The van der Waals surface area contributed by atoms with Crippen LogP contribution >= 0.6 is 34.2 Å². The molecule has 32 heavy (non-hydrogen) atoms. The molecule has 2 saturated heterocycles. The molecule has 3 atom stereocenters. The van der Waals surface area contributed by atoms with Crippen molar-refractivity contribution in [1.82, 2.24) is 0 Å². The summed E-state index contributed by atoms with van der Waals surface area (Å²) in [5.41, 5.74) is -10.0. The van der Waals surface area contributed by atoms with E-state index in [-0.39, 0.29) is 16.7 Å². The van der Waals surface area contributed by atoms with Crippen LogP contribution in [-0.2, 0) is 7.64 Å². The summed E-state index contributed by atoms with van der Waals surface area (Å²) in [6, 6.07) is 5.87. The quantitative estimate of drug-likeness (QED) is 0.185. The van der Waals surface area contributed by atoms with E-state index >= 15 is 0 Å². The fourth-order valence-corrected chi connectivity index (χ4v) is 19.0. The number of benzene rings is 1. The maximum atomic E-state index is 13.6. The van der Waals surface area contributed by atoms with Gasteiger partial charge in [0, 0.05) is 0 Å². The van der Waals surface area contributed by atoms with Crippen molar-refractivity contribution in [3.8, 4) is 0 Å². The van der Waals surface area contributed by atoms with E-state index in [9.17, 15) is 52.7 Å². The van der Waals surface area contributed by atoms with Gasteiger partial charge in [0.05, 0.1) is 0 Å². The number of alkyl halides is 12. The van der Waals surface area contributed by atoms with Crippen LogP contribution in [0, 0.1) is 0 Å². The summed E-state index contributed by atoms with van der Waals surface area (Å²) in [5.74, 6) is 0. The topological polar surface area (TPSA) is 18.5 Å². The normalized spacial score (nSPS) is 32.0. The van der Waals surface area contributed by atoms with Crippen LogP contribution in [0.1, 0.15) is 0 Å². The molecule has 0 saturated carbocycles. The fraction of sp³-hybridized carbons (Fsp3) is 0.571. The van der Waals surface area contributed by atoms with Crippen LogP contribution in [0.2, 0.25) is 0 Å². The first-order chi connectivity index (χ1) is 14.3. The summed E-state index contributed by atoms with van der Waals surface area (Å²) in [7, 11) is -0.483. The van der Waals surface area contributed by atoms with Gasteiger partial charge < -0.3 is 0 Å². The summed E-state index contributed by atoms with van der Waals surface area (Å²) >= 11 is -2.58. The van der Waals surface area contributed by atoms with Crippen molar-refractivity contribution in [3.63, 3.8) is 0 Å². The minimum atomic E-state index is -6.22. The maximum absolute atomic E-state index is 13.6. The molecule has 2 aliphatic heterocycles. The average Bonchev–Trinajstić information content (AvgIpc) is 2.55. The van der Waals surface area contributed by atoms with Crippen molar-refractivity contribution < 1.29 is 60.3 Å². The first-order valence-electron chi connectivity index (χ1n) is 7.83. The molecule has 2 fully saturated rings. The number of rotatable bonds is 3. The average molecular weight is 611 g/mol. The van der Waals surface area contributed by atoms with Crippen molar-refractivity contribution in [3.05, 3.63) is 30.3 Å². The molecule has 0 aliphatic carbocycles. The Morgan fingerprint density at radius 1 is 0.688 bits per heavy atom. The Morgan fingerprint density at radius 3 is 1.41 bits per heavy atom. The molecule has 0 aromatic heterocycles. The van der Waals surface area contributed by atoms with Gasteiger partial charge in [0.1, 0.15) is 0 Å². The summed E-state index contributed by atoms with van der Waals surface area (Å²) in [4.78, 5) is -0.265. The number of thioether (sulfide) groups is 1. The molecule has 1 aromatic rings. The summed E-state index contributed by atoms with van der Waals surface area (Å²) in [5, 5.41) is 0. The van der Waals surface area contributed by atoms with Crippen LogP contribution in [0.3, 0.4) is 0 Å². The first kappa shape index (κ1) is 26.5. The molecule has 2 heterocycles. The van der Waals surface area contributed by atoms with Crippen LogP contribution < -0.4 is 0 Å². The first-order valence-corrected chi connectivity index (χ1v) is 14.0. The van der Waals surface area contributed by atoms with Gasteiger partial charge in [-0.3, -0.25) is 0 Å². The fourth-order valence-electron chi connectivity index (χ4n) is 3.12. The van der Waals surface area contributed by atoms with E-state index in [1.807, 2.05) is 0 Å². The van der Waals surface area contributed by atoms with Gasteiger partial charge in [-0.1, -0.05) is 0 Å². The van der Waals surface area contributed by atoms with Crippen molar-refractivity contribution in [2.45, 2.75) is 49.1 Å². The Balaban J connectivity index is 2.18. The third-order valence-electron chi connectivity index (χ3n) is 4.55. The van der Waals surface area contributed by atoms with Crippen LogP contribution in [0.25, 0.3) is 0 Å². The molecule has 0 amide bonds. The molecule has 184 valence electrons. The predicted octanol–water partition coefficient (Wildman–Crippen LogP) is 6.40. The summed E-state index contributed by atoms with van der Waals surface area (Å²) < 4.78 is 165. The van der Waals surface area contributed by atoms with E-state index in [1.54, 1.807) is 0 Å². The molecule has 2 aliphatic rings. The van der Waals surface area contributed by atoms with Crippen molar-refractivity contribution in [2.75, 3.05) is 0 Å². The monoisotopic (exact) mass is 612 g/mol. The molecule has 0 bridgehead atoms. The molecule has 3 rings (SSSR count). The third-order valence-corrected chi connectivity index (χ3v) is 17.9. The molecular weight excluding hydrogens is 603 g/mol. The second-order valence-corrected chi connectivity index (χ2v) is 15.4. The van der Waals surface area contributed by atoms with E-state index in [0.29, 0.717) is 0 Å². The molecule has 1 unspecified atom stereocenters. The van der Waals surface area contributed by atoms with E-state index in [0.717, 1.165) is 12.1 Å². The Kier molecular flexibility index (Phi) is 6.36. The number of halogens is 12. The molecular formula is C14H8F12O2S3Se. The van der Waals surface area contributed by atoms with Crippen LogP contribution in [-0.4, -0.2) is 57.7 Å². The summed E-state index contributed by atoms with van der Waals surface area (Å²) in [6.07, 6.45) is -24.9. The molecule has 18 heteroatoms. The van der Waals surface area contributed by atoms with Crippen LogP contribution in [0.5, 0.6) is 0 Å². The van der Waals surface area contributed by atoms with Gasteiger partial charge in [-0.25, -0.2) is 0 Å². The van der Waals surface area contributed by atoms with E-state index in [4.69, 9.17) is 0 Å². The number of hydrogen-bond donors (Lipinski definition) is 1. The molecule has 0 radical (unpaired) electrons. The van der Waals surface area contributed by atoms with Gasteiger partial charge in [0.15, 0.2) is 0 Å². The third kappa shape index (κ3) is 3.38. The van der Waals surface area contributed by atoms with Gasteiger partial charge in [-0.05, 0) is 0 Å². The van der Waals surface area contributed by atoms with Crippen LogP contribution in [0.4, 0.5) is 52.7 Å². The zero-order valence-electron chi connectivity index (χ0n) is 14.6. The number of thiol groups is 1. The standard InChI is InChI=1S/C14H8F12O2S3Se/c15-11(16,17)9(12(18,19)20)7(30-6-4-2-1-3-5-6)32(27-9)8(31-29)10(28-32,13(21,22)23)14(24,25)26/h1-5,7-8,29H/t7-,8+/m0/s1. The molecule has 2 nitrogen and oxygen atoms in total. The van der Waals surface area contributed by atoms with Gasteiger partial charge >= 0.3 is 187 Å². The Bertz CT molecular complexity index is 824. The van der Waals surface area contributed by atoms with Crippen molar-refractivity contribution in [1.29, 1.82) is 0 Å². The number of hydrogen-bond acceptors (Lipinski definition) is 5. The Hall–Kier alpha value is -0.131. The van der Waals surface area contributed by atoms with Gasteiger partial charge in [-0.15, -0.1) is 0 Å².